The number of hydrogen-bond donors (Lipinski definition) is 1. The minimum Gasteiger partial charge on any atom is -0.324 e. The number of hydrogen-bond acceptors (Lipinski definition) is 2. The van der Waals surface area contributed by atoms with Gasteiger partial charge in [0.05, 0.1) is 6.04 Å². The number of para-hydroxylation sites is 1. The number of carbonyl (C=O) groups is 1. The van der Waals surface area contributed by atoms with Crippen LogP contribution >= 0.6 is 0 Å². The van der Waals surface area contributed by atoms with Gasteiger partial charge in [0.2, 0.25) is 5.91 Å². The van der Waals surface area contributed by atoms with Crippen molar-refractivity contribution in [3.8, 4) is 0 Å². The van der Waals surface area contributed by atoms with Crippen LogP contribution < -0.4 is 5.32 Å². The fourth-order valence-electron chi connectivity index (χ4n) is 1.70. The second kappa shape index (κ2) is 6.40. The van der Waals surface area contributed by atoms with E-state index in [4.69, 9.17) is 0 Å². The molecule has 0 radical (unpaired) electrons. The number of nitrogens with one attached hydrogen (secondary N) is 1. The van der Waals surface area contributed by atoms with Gasteiger partial charge >= 0.3 is 0 Å². The molecular formula is C14H22N2O. The molecule has 94 valence electrons. The monoisotopic (exact) mass is 234 g/mol. The van der Waals surface area contributed by atoms with Crippen molar-refractivity contribution in [1.29, 1.82) is 0 Å². The number of amides is 1. The van der Waals surface area contributed by atoms with Gasteiger partial charge in [-0.05, 0) is 45.5 Å². The van der Waals surface area contributed by atoms with Gasteiger partial charge in [-0.25, -0.2) is 0 Å². The first-order chi connectivity index (χ1) is 8.06. The van der Waals surface area contributed by atoms with E-state index in [1.807, 2.05) is 45.2 Å². The van der Waals surface area contributed by atoms with Crippen LogP contribution in [0.2, 0.25) is 0 Å². The van der Waals surface area contributed by atoms with Crippen LogP contribution in [-0.4, -0.2) is 30.4 Å². The van der Waals surface area contributed by atoms with Gasteiger partial charge in [-0.1, -0.05) is 25.1 Å². The maximum atomic E-state index is 12.0. The number of anilines is 1. The normalized spacial score (nSPS) is 12.5. The van der Waals surface area contributed by atoms with E-state index in [0.29, 0.717) is 0 Å². The molecule has 1 N–H and O–H groups in total. The molecule has 0 saturated carbocycles. The van der Waals surface area contributed by atoms with Crippen LogP contribution in [0.5, 0.6) is 0 Å². The zero-order chi connectivity index (χ0) is 12.8. The third kappa shape index (κ3) is 3.86. The standard InChI is InChI=1S/C14H22N2O/c1-5-10-16(4)12(3)14(17)15-13-9-7-6-8-11(13)2/h6-9,12H,5,10H2,1-4H3,(H,15,17). The lowest BCUT2D eigenvalue weighted by Gasteiger charge is -2.23. The zero-order valence-corrected chi connectivity index (χ0v) is 11.2. The molecule has 3 nitrogen and oxygen atoms in total. The van der Waals surface area contributed by atoms with Crippen molar-refractivity contribution in [2.24, 2.45) is 0 Å². The van der Waals surface area contributed by atoms with Crippen LogP contribution in [0.25, 0.3) is 0 Å². The highest BCUT2D eigenvalue weighted by Gasteiger charge is 2.17. The Morgan fingerprint density at radius 1 is 1.41 bits per heavy atom. The number of carbonyl (C=O) groups excluding carboxylic acids is 1. The van der Waals surface area contributed by atoms with Crippen molar-refractivity contribution >= 4 is 11.6 Å². The Kier molecular flexibility index (Phi) is 5.16. The van der Waals surface area contributed by atoms with Crippen molar-refractivity contribution in [2.75, 3.05) is 18.9 Å². The van der Waals surface area contributed by atoms with Crippen LogP contribution in [0.3, 0.4) is 0 Å². The zero-order valence-electron chi connectivity index (χ0n) is 11.2. The van der Waals surface area contributed by atoms with Crippen molar-refractivity contribution < 1.29 is 4.79 Å². The first-order valence-corrected chi connectivity index (χ1v) is 6.13. The third-order valence-corrected chi connectivity index (χ3v) is 3.02. The Hall–Kier alpha value is -1.35. The van der Waals surface area contributed by atoms with Gasteiger partial charge in [0.25, 0.3) is 0 Å². The summed E-state index contributed by atoms with van der Waals surface area (Å²) in [6, 6.07) is 7.73. The Morgan fingerprint density at radius 2 is 2.06 bits per heavy atom. The van der Waals surface area contributed by atoms with Gasteiger partial charge in [0.15, 0.2) is 0 Å². The Bertz CT molecular complexity index is 376. The molecule has 0 heterocycles. The molecule has 0 spiro atoms. The van der Waals surface area contributed by atoms with Gasteiger partial charge in [-0.15, -0.1) is 0 Å². The lowest BCUT2D eigenvalue weighted by atomic mass is 10.2. The van der Waals surface area contributed by atoms with Crippen LogP contribution in [0.4, 0.5) is 5.69 Å². The predicted octanol–water partition coefficient (Wildman–Crippen LogP) is 2.66. The highest BCUT2D eigenvalue weighted by atomic mass is 16.2. The van der Waals surface area contributed by atoms with Gasteiger partial charge in [-0.2, -0.15) is 0 Å². The third-order valence-electron chi connectivity index (χ3n) is 3.02. The molecule has 0 aliphatic carbocycles. The molecule has 1 unspecified atom stereocenters. The predicted molar refractivity (Wildman–Crippen MR) is 72.2 cm³/mol. The molecule has 1 aromatic rings. The lowest BCUT2D eigenvalue weighted by molar-refractivity contribution is -0.120. The Balaban J connectivity index is 2.63. The number of aryl methyl sites for hydroxylation is 1. The fraction of sp³-hybridized carbons (Fsp3) is 0.500. The number of rotatable bonds is 5. The molecule has 1 rings (SSSR count). The molecule has 0 fully saturated rings. The summed E-state index contributed by atoms with van der Waals surface area (Å²) in [6.07, 6.45) is 1.05. The van der Waals surface area contributed by atoms with Gasteiger partial charge in [0.1, 0.15) is 0 Å². The molecule has 0 aliphatic rings. The summed E-state index contributed by atoms with van der Waals surface area (Å²) >= 11 is 0. The summed E-state index contributed by atoms with van der Waals surface area (Å²) in [7, 11) is 1.98. The second-order valence-electron chi connectivity index (χ2n) is 4.46. The first kappa shape index (κ1) is 13.7. The van der Waals surface area contributed by atoms with E-state index in [2.05, 4.69) is 17.1 Å². The van der Waals surface area contributed by atoms with E-state index in [1.165, 1.54) is 0 Å². The Morgan fingerprint density at radius 3 is 2.65 bits per heavy atom. The summed E-state index contributed by atoms with van der Waals surface area (Å²) in [4.78, 5) is 14.1. The van der Waals surface area contributed by atoms with Gasteiger partial charge < -0.3 is 5.32 Å². The largest absolute Gasteiger partial charge is 0.324 e. The van der Waals surface area contributed by atoms with E-state index < -0.39 is 0 Å². The maximum absolute atomic E-state index is 12.0. The average molecular weight is 234 g/mol. The van der Waals surface area contributed by atoms with Crippen LogP contribution in [0, 0.1) is 6.92 Å². The molecule has 0 bridgehead atoms. The molecule has 0 aliphatic heterocycles. The molecular weight excluding hydrogens is 212 g/mol. The quantitative estimate of drug-likeness (QED) is 0.849. The van der Waals surface area contributed by atoms with E-state index in [-0.39, 0.29) is 11.9 Å². The molecule has 1 atom stereocenters. The highest BCUT2D eigenvalue weighted by Crippen LogP contribution is 2.14. The lowest BCUT2D eigenvalue weighted by Crippen LogP contribution is -2.40. The van der Waals surface area contributed by atoms with E-state index in [1.54, 1.807) is 0 Å². The fourth-order valence-corrected chi connectivity index (χ4v) is 1.70. The second-order valence-corrected chi connectivity index (χ2v) is 4.46. The smallest absolute Gasteiger partial charge is 0.241 e. The minimum atomic E-state index is -0.102. The van der Waals surface area contributed by atoms with Gasteiger partial charge in [-0.3, -0.25) is 9.69 Å². The van der Waals surface area contributed by atoms with E-state index in [0.717, 1.165) is 24.2 Å². The summed E-state index contributed by atoms with van der Waals surface area (Å²) < 4.78 is 0. The van der Waals surface area contributed by atoms with E-state index in [9.17, 15) is 4.79 Å². The van der Waals surface area contributed by atoms with Crippen molar-refractivity contribution in [1.82, 2.24) is 4.90 Å². The molecule has 3 heteroatoms. The SMILES string of the molecule is CCCN(C)C(C)C(=O)Nc1ccccc1C. The number of benzene rings is 1. The topological polar surface area (TPSA) is 32.3 Å². The Labute approximate surface area is 104 Å². The van der Waals surface area contributed by atoms with Crippen molar-refractivity contribution in [3.63, 3.8) is 0 Å². The maximum Gasteiger partial charge on any atom is 0.241 e. The minimum absolute atomic E-state index is 0.0512. The van der Waals surface area contributed by atoms with Gasteiger partial charge in [0, 0.05) is 5.69 Å². The molecule has 0 saturated heterocycles. The number of likely N-dealkylation sites (N-methyl/N-ethyl adjacent to an activating group) is 1. The summed E-state index contributed by atoms with van der Waals surface area (Å²) in [5.74, 6) is 0.0512. The molecule has 0 aromatic heterocycles. The molecule has 1 amide bonds. The van der Waals surface area contributed by atoms with E-state index >= 15 is 0 Å². The van der Waals surface area contributed by atoms with Crippen LogP contribution in [-0.2, 0) is 4.79 Å². The first-order valence-electron chi connectivity index (χ1n) is 6.13. The molecule has 17 heavy (non-hydrogen) atoms. The van der Waals surface area contributed by atoms with Crippen LogP contribution in [0.15, 0.2) is 24.3 Å². The van der Waals surface area contributed by atoms with Crippen molar-refractivity contribution in [2.45, 2.75) is 33.2 Å². The highest BCUT2D eigenvalue weighted by molar-refractivity contribution is 5.95. The summed E-state index contributed by atoms with van der Waals surface area (Å²) in [5, 5.41) is 2.97. The average Bonchev–Trinajstić information content (AvgIpc) is 2.31. The molecule has 1 aromatic carbocycles. The summed E-state index contributed by atoms with van der Waals surface area (Å²) in [6.45, 7) is 6.98. The van der Waals surface area contributed by atoms with Crippen LogP contribution in [0.1, 0.15) is 25.8 Å². The summed E-state index contributed by atoms with van der Waals surface area (Å²) in [5.41, 5.74) is 1.99. The van der Waals surface area contributed by atoms with Crippen molar-refractivity contribution in [3.05, 3.63) is 29.8 Å². The number of nitrogens with zero attached hydrogens (tertiary/aromatic N) is 1.